The van der Waals surface area contributed by atoms with Crippen molar-refractivity contribution in [3.63, 3.8) is 0 Å². The quantitative estimate of drug-likeness (QED) is 0.905. The zero-order valence-electron chi connectivity index (χ0n) is 13.3. The van der Waals surface area contributed by atoms with E-state index in [1.54, 1.807) is 0 Å². The van der Waals surface area contributed by atoms with E-state index in [4.69, 9.17) is 9.15 Å². The van der Waals surface area contributed by atoms with Crippen LogP contribution in [0, 0.1) is 0 Å². The van der Waals surface area contributed by atoms with Gasteiger partial charge >= 0.3 is 0 Å². The van der Waals surface area contributed by atoms with Crippen LogP contribution in [0.1, 0.15) is 50.9 Å². The molecular weight excluding hydrogens is 264 g/mol. The van der Waals surface area contributed by atoms with Crippen LogP contribution in [0.2, 0.25) is 0 Å². The molecule has 1 aromatic heterocycles. The Balaban J connectivity index is 1.64. The molecule has 2 fully saturated rings. The first-order valence-corrected chi connectivity index (χ1v) is 8.38. The monoisotopic (exact) mass is 292 g/mol. The highest BCUT2D eigenvalue weighted by atomic mass is 16.5. The van der Waals surface area contributed by atoms with Crippen LogP contribution in [0.3, 0.4) is 0 Å². The highest BCUT2D eigenvalue weighted by Crippen LogP contribution is 2.30. The molecule has 21 heavy (non-hydrogen) atoms. The van der Waals surface area contributed by atoms with Crippen LogP contribution in [-0.2, 0) is 17.8 Å². The predicted octanol–water partition coefficient (Wildman–Crippen LogP) is 2.92. The number of furan rings is 1. The Morgan fingerprint density at radius 1 is 1.33 bits per heavy atom. The van der Waals surface area contributed by atoms with Crippen molar-refractivity contribution in [1.29, 1.82) is 0 Å². The molecule has 2 unspecified atom stereocenters. The number of rotatable bonds is 5. The highest BCUT2D eigenvalue weighted by molar-refractivity contribution is 5.17. The van der Waals surface area contributed by atoms with E-state index in [9.17, 15) is 0 Å². The maximum atomic E-state index is 5.96. The molecule has 118 valence electrons. The van der Waals surface area contributed by atoms with E-state index in [-0.39, 0.29) is 0 Å². The van der Waals surface area contributed by atoms with Crippen molar-refractivity contribution in [1.82, 2.24) is 10.2 Å². The number of hydrogen-bond donors (Lipinski definition) is 1. The Kier molecular flexibility index (Phi) is 4.99. The Labute approximate surface area is 127 Å². The van der Waals surface area contributed by atoms with Crippen molar-refractivity contribution in [2.75, 3.05) is 13.2 Å². The molecule has 1 aromatic rings. The lowest BCUT2D eigenvalue weighted by atomic mass is 9.90. The maximum Gasteiger partial charge on any atom is 0.122 e. The number of fused-ring (bicyclic) bond motifs is 1. The molecule has 1 saturated carbocycles. The van der Waals surface area contributed by atoms with Crippen LogP contribution >= 0.6 is 0 Å². The van der Waals surface area contributed by atoms with Crippen molar-refractivity contribution in [3.05, 3.63) is 23.7 Å². The van der Waals surface area contributed by atoms with E-state index in [1.807, 2.05) is 6.26 Å². The van der Waals surface area contributed by atoms with Gasteiger partial charge in [0.15, 0.2) is 0 Å². The van der Waals surface area contributed by atoms with Crippen LogP contribution in [0.25, 0.3) is 0 Å². The third kappa shape index (κ3) is 3.68. The second-order valence-corrected chi connectivity index (χ2v) is 6.64. The summed E-state index contributed by atoms with van der Waals surface area (Å²) >= 11 is 0. The Bertz CT molecular complexity index is 442. The summed E-state index contributed by atoms with van der Waals surface area (Å²) in [4.78, 5) is 2.57. The van der Waals surface area contributed by atoms with E-state index in [0.29, 0.717) is 18.2 Å². The molecule has 0 bridgehead atoms. The van der Waals surface area contributed by atoms with Gasteiger partial charge in [-0.3, -0.25) is 4.90 Å². The van der Waals surface area contributed by atoms with Gasteiger partial charge in [-0.1, -0.05) is 26.7 Å². The van der Waals surface area contributed by atoms with Crippen molar-refractivity contribution in [3.8, 4) is 0 Å². The minimum atomic E-state index is 0.444. The molecule has 3 rings (SSSR count). The predicted molar refractivity (Wildman–Crippen MR) is 83.1 cm³/mol. The number of morpholine rings is 1. The van der Waals surface area contributed by atoms with Gasteiger partial charge in [-0.05, 0) is 18.9 Å². The molecule has 0 aromatic carbocycles. The fourth-order valence-corrected chi connectivity index (χ4v) is 3.53. The van der Waals surface area contributed by atoms with Gasteiger partial charge in [-0.15, -0.1) is 0 Å². The summed E-state index contributed by atoms with van der Waals surface area (Å²) in [6.45, 7) is 8.05. The van der Waals surface area contributed by atoms with Crippen LogP contribution in [0.5, 0.6) is 0 Å². The maximum absolute atomic E-state index is 5.96. The molecule has 1 aliphatic heterocycles. The van der Waals surface area contributed by atoms with E-state index >= 15 is 0 Å². The normalized spacial score (nSPS) is 27.0. The average molecular weight is 292 g/mol. The van der Waals surface area contributed by atoms with Gasteiger partial charge in [-0.25, -0.2) is 0 Å². The van der Waals surface area contributed by atoms with Crippen molar-refractivity contribution in [2.45, 2.75) is 70.8 Å². The smallest absolute Gasteiger partial charge is 0.122 e. The lowest BCUT2D eigenvalue weighted by Crippen LogP contribution is -2.52. The molecule has 0 radical (unpaired) electrons. The van der Waals surface area contributed by atoms with Gasteiger partial charge in [0.2, 0.25) is 0 Å². The minimum absolute atomic E-state index is 0.444. The summed E-state index contributed by atoms with van der Waals surface area (Å²) in [5.74, 6) is 1.12. The second kappa shape index (κ2) is 6.95. The second-order valence-electron chi connectivity index (χ2n) is 6.64. The standard InChI is InChI=1S/C17H28N2O2/c1-13(2)18-11-14-7-9-20-17(14)12-19-8-10-21-16-6-4-3-5-15(16)19/h7,9,13,15-16,18H,3-6,8,10-12H2,1-2H3. The summed E-state index contributed by atoms with van der Waals surface area (Å²) in [5.41, 5.74) is 1.29. The van der Waals surface area contributed by atoms with Crippen molar-refractivity contribution < 1.29 is 9.15 Å². The summed E-state index contributed by atoms with van der Waals surface area (Å²) in [6.07, 6.45) is 7.41. The number of nitrogens with one attached hydrogen (secondary N) is 1. The van der Waals surface area contributed by atoms with Gasteiger partial charge in [0.05, 0.1) is 25.5 Å². The molecule has 4 nitrogen and oxygen atoms in total. The van der Waals surface area contributed by atoms with Crippen molar-refractivity contribution >= 4 is 0 Å². The first-order valence-electron chi connectivity index (χ1n) is 8.38. The SMILES string of the molecule is CC(C)NCc1ccoc1CN1CCOC2CCCCC21. The Morgan fingerprint density at radius 2 is 2.19 bits per heavy atom. The lowest BCUT2D eigenvalue weighted by molar-refractivity contribution is -0.0927. The summed E-state index contributed by atoms with van der Waals surface area (Å²) in [6, 6.07) is 3.19. The summed E-state index contributed by atoms with van der Waals surface area (Å²) in [7, 11) is 0. The van der Waals surface area contributed by atoms with Crippen LogP contribution in [0.4, 0.5) is 0 Å². The minimum Gasteiger partial charge on any atom is -0.468 e. The van der Waals surface area contributed by atoms with Gasteiger partial charge in [-0.2, -0.15) is 0 Å². The number of hydrogen-bond acceptors (Lipinski definition) is 4. The topological polar surface area (TPSA) is 37.6 Å². The Hall–Kier alpha value is -0.840. The first kappa shape index (κ1) is 15.1. The van der Waals surface area contributed by atoms with Crippen LogP contribution in [0.15, 0.2) is 16.7 Å². The molecule has 2 atom stereocenters. The molecule has 0 spiro atoms. The fraction of sp³-hybridized carbons (Fsp3) is 0.765. The lowest BCUT2D eigenvalue weighted by Gasteiger charge is -2.43. The third-order valence-electron chi connectivity index (χ3n) is 4.73. The molecule has 1 aliphatic carbocycles. The number of nitrogens with zero attached hydrogens (tertiary/aromatic N) is 1. The third-order valence-corrected chi connectivity index (χ3v) is 4.73. The molecule has 1 saturated heterocycles. The molecule has 0 amide bonds. The van der Waals surface area contributed by atoms with Gasteiger partial charge < -0.3 is 14.5 Å². The van der Waals surface area contributed by atoms with E-state index < -0.39 is 0 Å². The van der Waals surface area contributed by atoms with Gasteiger partial charge in [0.1, 0.15) is 5.76 Å². The molecule has 2 heterocycles. The van der Waals surface area contributed by atoms with Gasteiger partial charge in [0, 0.05) is 30.7 Å². The first-order chi connectivity index (χ1) is 10.2. The van der Waals surface area contributed by atoms with E-state index in [1.165, 1.54) is 31.2 Å². The zero-order valence-corrected chi connectivity index (χ0v) is 13.3. The average Bonchev–Trinajstić information content (AvgIpc) is 2.93. The largest absolute Gasteiger partial charge is 0.468 e. The highest BCUT2D eigenvalue weighted by Gasteiger charge is 2.34. The van der Waals surface area contributed by atoms with E-state index in [0.717, 1.165) is 32.0 Å². The molecule has 2 aliphatic rings. The van der Waals surface area contributed by atoms with Crippen LogP contribution in [-0.4, -0.2) is 36.2 Å². The summed E-state index contributed by atoms with van der Waals surface area (Å²) < 4.78 is 11.7. The zero-order chi connectivity index (χ0) is 14.7. The molecule has 4 heteroatoms. The van der Waals surface area contributed by atoms with E-state index in [2.05, 4.69) is 30.1 Å². The van der Waals surface area contributed by atoms with Crippen LogP contribution < -0.4 is 5.32 Å². The fourth-order valence-electron chi connectivity index (χ4n) is 3.53. The van der Waals surface area contributed by atoms with Gasteiger partial charge in [0.25, 0.3) is 0 Å². The summed E-state index contributed by atoms with van der Waals surface area (Å²) in [5, 5.41) is 3.48. The number of ether oxygens (including phenoxy) is 1. The molecular formula is C17H28N2O2. The Morgan fingerprint density at radius 3 is 3.05 bits per heavy atom. The molecule has 1 N–H and O–H groups in total. The van der Waals surface area contributed by atoms with Crippen molar-refractivity contribution in [2.24, 2.45) is 0 Å².